The van der Waals surface area contributed by atoms with Gasteiger partial charge in [0.1, 0.15) is 11.4 Å². The molecule has 1 atom stereocenters. The third kappa shape index (κ3) is 3.93. The van der Waals surface area contributed by atoms with Crippen molar-refractivity contribution in [2.24, 2.45) is 5.92 Å². The van der Waals surface area contributed by atoms with Crippen molar-refractivity contribution >= 4 is 5.91 Å². The van der Waals surface area contributed by atoms with Gasteiger partial charge in [-0.05, 0) is 37.3 Å². The number of likely N-dealkylation sites (tertiary alicyclic amines) is 1. The first-order chi connectivity index (χ1) is 13.2. The van der Waals surface area contributed by atoms with E-state index in [-0.39, 0.29) is 17.1 Å². The lowest BCUT2D eigenvalue weighted by Gasteiger charge is -2.53. The molecule has 27 heavy (non-hydrogen) atoms. The Bertz CT molecular complexity index is 796. The standard InChI is InChI=1S/C20H22FN3O3/c21-17-4-2-1-3-16(17)19(25)24-13-20(14-24)11-15(6-10-27-20)5-9-26-18-12-22-7-8-23-18/h1-4,7-8,12,15H,5-6,9-11,13-14H2/t15-/m1/s1. The zero-order valence-corrected chi connectivity index (χ0v) is 15.0. The van der Waals surface area contributed by atoms with Crippen molar-refractivity contribution in [2.75, 3.05) is 26.3 Å². The highest BCUT2D eigenvalue weighted by atomic mass is 19.1. The van der Waals surface area contributed by atoms with E-state index in [1.54, 1.807) is 35.6 Å². The van der Waals surface area contributed by atoms with Crippen molar-refractivity contribution in [3.05, 3.63) is 54.2 Å². The van der Waals surface area contributed by atoms with Crippen molar-refractivity contribution in [2.45, 2.75) is 24.9 Å². The van der Waals surface area contributed by atoms with Crippen LogP contribution in [0.3, 0.4) is 0 Å². The van der Waals surface area contributed by atoms with Gasteiger partial charge in [0.15, 0.2) is 0 Å². The number of hydrogen-bond acceptors (Lipinski definition) is 5. The average Bonchev–Trinajstić information content (AvgIpc) is 2.67. The van der Waals surface area contributed by atoms with E-state index in [1.807, 2.05) is 0 Å². The molecule has 0 bridgehead atoms. The molecule has 0 aliphatic carbocycles. The quantitative estimate of drug-likeness (QED) is 0.809. The first-order valence-electron chi connectivity index (χ1n) is 9.22. The number of hydrogen-bond donors (Lipinski definition) is 0. The van der Waals surface area contributed by atoms with Gasteiger partial charge in [-0.1, -0.05) is 12.1 Å². The van der Waals surface area contributed by atoms with Crippen molar-refractivity contribution in [3.63, 3.8) is 0 Å². The summed E-state index contributed by atoms with van der Waals surface area (Å²) in [5, 5.41) is 0. The number of ether oxygens (including phenoxy) is 2. The van der Waals surface area contributed by atoms with E-state index in [2.05, 4.69) is 9.97 Å². The molecule has 2 aliphatic heterocycles. The van der Waals surface area contributed by atoms with E-state index in [4.69, 9.17) is 9.47 Å². The summed E-state index contributed by atoms with van der Waals surface area (Å²) in [6, 6.07) is 6.10. The number of rotatable bonds is 5. The van der Waals surface area contributed by atoms with Crippen molar-refractivity contribution in [3.8, 4) is 5.88 Å². The SMILES string of the molecule is O=C(c1ccccc1F)N1CC2(C[C@H](CCOc3cnccn3)CCO2)C1. The summed E-state index contributed by atoms with van der Waals surface area (Å²) in [7, 11) is 0. The number of aromatic nitrogens is 2. The molecule has 0 N–H and O–H groups in total. The fourth-order valence-corrected chi connectivity index (χ4v) is 3.88. The summed E-state index contributed by atoms with van der Waals surface area (Å²) in [5.74, 6) is 0.258. The van der Waals surface area contributed by atoms with Crippen LogP contribution in [0.5, 0.6) is 5.88 Å². The van der Waals surface area contributed by atoms with Crippen LogP contribution in [0.2, 0.25) is 0 Å². The molecule has 142 valence electrons. The predicted octanol–water partition coefficient (Wildman–Crippen LogP) is 2.71. The molecule has 2 aliphatic rings. The Hall–Kier alpha value is -2.54. The number of carbonyl (C=O) groups is 1. The van der Waals surface area contributed by atoms with Crippen molar-refractivity contribution < 1.29 is 18.7 Å². The van der Waals surface area contributed by atoms with Gasteiger partial charge in [-0.25, -0.2) is 9.37 Å². The Morgan fingerprint density at radius 1 is 1.33 bits per heavy atom. The van der Waals surface area contributed by atoms with Gasteiger partial charge < -0.3 is 14.4 Å². The molecule has 1 aromatic carbocycles. The van der Waals surface area contributed by atoms with Crippen LogP contribution < -0.4 is 4.74 Å². The smallest absolute Gasteiger partial charge is 0.257 e. The van der Waals surface area contributed by atoms with Crippen LogP contribution in [0, 0.1) is 11.7 Å². The van der Waals surface area contributed by atoms with Crippen LogP contribution >= 0.6 is 0 Å². The van der Waals surface area contributed by atoms with E-state index in [1.165, 1.54) is 12.1 Å². The van der Waals surface area contributed by atoms with Gasteiger partial charge in [0, 0.05) is 19.0 Å². The van der Waals surface area contributed by atoms with Crippen LogP contribution in [0.4, 0.5) is 4.39 Å². The zero-order chi connectivity index (χ0) is 18.7. The molecule has 0 saturated carbocycles. The van der Waals surface area contributed by atoms with Crippen LogP contribution in [-0.4, -0.2) is 52.7 Å². The maximum absolute atomic E-state index is 13.8. The second kappa shape index (κ2) is 7.60. The second-order valence-electron chi connectivity index (χ2n) is 7.21. The minimum Gasteiger partial charge on any atom is -0.477 e. The number of nitrogens with zero attached hydrogens (tertiary/aromatic N) is 3. The molecule has 1 aromatic heterocycles. The minimum absolute atomic E-state index is 0.122. The van der Waals surface area contributed by atoms with Gasteiger partial charge in [0.05, 0.1) is 31.5 Å². The fourth-order valence-electron chi connectivity index (χ4n) is 3.88. The molecule has 2 aromatic rings. The molecule has 0 radical (unpaired) electrons. The average molecular weight is 371 g/mol. The molecular formula is C20H22FN3O3. The lowest BCUT2D eigenvalue weighted by molar-refractivity contribution is -0.166. The maximum Gasteiger partial charge on any atom is 0.257 e. The largest absolute Gasteiger partial charge is 0.477 e. The Balaban J connectivity index is 1.28. The first kappa shape index (κ1) is 17.9. The Morgan fingerprint density at radius 2 is 2.19 bits per heavy atom. The van der Waals surface area contributed by atoms with E-state index >= 15 is 0 Å². The normalized spacial score (nSPS) is 20.9. The Kier molecular flexibility index (Phi) is 5.03. The van der Waals surface area contributed by atoms with Gasteiger partial charge in [0.25, 0.3) is 5.91 Å². The van der Waals surface area contributed by atoms with E-state index < -0.39 is 5.82 Å². The van der Waals surface area contributed by atoms with E-state index in [0.717, 1.165) is 19.3 Å². The Morgan fingerprint density at radius 3 is 2.96 bits per heavy atom. The monoisotopic (exact) mass is 371 g/mol. The first-order valence-corrected chi connectivity index (χ1v) is 9.22. The van der Waals surface area contributed by atoms with Crippen LogP contribution in [0.25, 0.3) is 0 Å². The predicted molar refractivity (Wildman–Crippen MR) is 95.9 cm³/mol. The summed E-state index contributed by atoms with van der Waals surface area (Å²) in [4.78, 5) is 22.2. The molecule has 0 unspecified atom stereocenters. The summed E-state index contributed by atoms with van der Waals surface area (Å²) in [5.41, 5.74) is -0.173. The van der Waals surface area contributed by atoms with E-state index in [0.29, 0.717) is 38.1 Å². The number of amides is 1. The lowest BCUT2D eigenvalue weighted by Crippen LogP contribution is -2.66. The molecule has 1 amide bonds. The molecule has 1 spiro atoms. The molecular weight excluding hydrogens is 349 g/mol. The third-order valence-corrected chi connectivity index (χ3v) is 5.26. The van der Waals surface area contributed by atoms with Gasteiger partial charge in [-0.3, -0.25) is 9.78 Å². The Labute approximate surface area is 157 Å². The van der Waals surface area contributed by atoms with E-state index in [9.17, 15) is 9.18 Å². The van der Waals surface area contributed by atoms with Crippen LogP contribution in [0.15, 0.2) is 42.9 Å². The summed E-state index contributed by atoms with van der Waals surface area (Å²) in [6.07, 6.45) is 7.59. The molecule has 4 rings (SSSR count). The molecule has 3 heterocycles. The van der Waals surface area contributed by atoms with Crippen molar-refractivity contribution in [1.82, 2.24) is 14.9 Å². The lowest BCUT2D eigenvalue weighted by atomic mass is 9.79. The van der Waals surface area contributed by atoms with Gasteiger partial charge >= 0.3 is 0 Å². The number of benzene rings is 1. The highest BCUT2D eigenvalue weighted by Crippen LogP contribution is 2.38. The molecule has 6 nitrogen and oxygen atoms in total. The molecule has 2 fully saturated rings. The number of carbonyl (C=O) groups excluding carboxylic acids is 1. The highest BCUT2D eigenvalue weighted by molar-refractivity contribution is 5.95. The second-order valence-corrected chi connectivity index (χ2v) is 7.21. The molecule has 7 heteroatoms. The maximum atomic E-state index is 13.8. The van der Waals surface area contributed by atoms with Gasteiger partial charge in [-0.15, -0.1) is 0 Å². The minimum atomic E-state index is -0.480. The summed E-state index contributed by atoms with van der Waals surface area (Å²) < 4.78 is 25.5. The van der Waals surface area contributed by atoms with Gasteiger partial charge in [-0.2, -0.15) is 0 Å². The number of halogens is 1. The zero-order valence-electron chi connectivity index (χ0n) is 15.0. The van der Waals surface area contributed by atoms with Crippen LogP contribution in [-0.2, 0) is 4.74 Å². The van der Waals surface area contributed by atoms with Gasteiger partial charge in [0.2, 0.25) is 5.88 Å². The summed E-state index contributed by atoms with van der Waals surface area (Å²) in [6.45, 7) is 2.29. The summed E-state index contributed by atoms with van der Waals surface area (Å²) >= 11 is 0. The van der Waals surface area contributed by atoms with Crippen LogP contribution in [0.1, 0.15) is 29.6 Å². The highest BCUT2D eigenvalue weighted by Gasteiger charge is 2.49. The third-order valence-electron chi connectivity index (χ3n) is 5.26. The topological polar surface area (TPSA) is 64.6 Å². The molecule has 2 saturated heterocycles. The fraction of sp³-hybridized carbons (Fsp3) is 0.450. The van der Waals surface area contributed by atoms with Crippen molar-refractivity contribution in [1.29, 1.82) is 0 Å².